The van der Waals surface area contributed by atoms with Gasteiger partial charge in [-0.25, -0.2) is 12.1 Å². The molecule has 0 aliphatic heterocycles. The molecule has 0 heterocycles. The Labute approximate surface area is 204 Å². The Hall–Kier alpha value is -0.440. The van der Waals surface area contributed by atoms with E-state index >= 15 is 0 Å². The molecule has 28 heavy (non-hydrogen) atoms. The van der Waals surface area contributed by atoms with E-state index in [1.807, 2.05) is 30.3 Å². The molecule has 4 aromatic rings. The van der Waals surface area contributed by atoms with Crippen LogP contribution in [-0.4, -0.2) is 5.43 Å². The van der Waals surface area contributed by atoms with Crippen LogP contribution in [0.2, 0.25) is 13.1 Å². The molecule has 0 N–H and O–H groups in total. The van der Waals surface area contributed by atoms with Crippen LogP contribution in [0.3, 0.4) is 0 Å². The first-order chi connectivity index (χ1) is 12.5. The summed E-state index contributed by atoms with van der Waals surface area (Å²) in [4.78, 5) is 0. The van der Waals surface area contributed by atoms with Gasteiger partial charge >= 0.3 is 41.9 Å². The third-order valence-electron chi connectivity index (χ3n) is 3.62. The van der Waals surface area contributed by atoms with Crippen molar-refractivity contribution in [3.8, 4) is 11.1 Å². The van der Waals surface area contributed by atoms with Gasteiger partial charge in [0.05, 0.1) is 0 Å². The molecule has 0 saturated carbocycles. The quantitative estimate of drug-likeness (QED) is 0.241. The van der Waals surface area contributed by atoms with Gasteiger partial charge in [-0.2, -0.15) is 24.3 Å². The van der Waals surface area contributed by atoms with Gasteiger partial charge in [-0.1, -0.05) is 59.4 Å². The van der Waals surface area contributed by atoms with Gasteiger partial charge in [0.2, 0.25) is 0 Å². The Morgan fingerprint density at radius 1 is 0.893 bits per heavy atom. The molecular weight excluding hydrogens is 546 g/mol. The Morgan fingerprint density at radius 2 is 1.46 bits per heavy atom. The number of hydrogen-bond acceptors (Lipinski definition) is 0. The molecule has 0 fully saturated rings. The average Bonchev–Trinajstić information content (AvgIpc) is 3.28. The van der Waals surface area contributed by atoms with E-state index in [9.17, 15) is 0 Å². The molecule has 0 aliphatic rings. The van der Waals surface area contributed by atoms with Gasteiger partial charge in [0.15, 0.2) is 0 Å². The fourth-order valence-corrected chi connectivity index (χ4v) is 3.06. The van der Waals surface area contributed by atoms with Gasteiger partial charge in [-0.05, 0) is 5.56 Å². The minimum Gasteiger partial charge on any atom is -1.00 e. The van der Waals surface area contributed by atoms with Gasteiger partial charge < -0.3 is 24.8 Å². The largest absolute Gasteiger partial charge is 1.00 e. The zero-order valence-corrected chi connectivity index (χ0v) is 22.8. The molecule has 0 nitrogen and oxygen atoms in total. The summed E-state index contributed by atoms with van der Waals surface area (Å²) in [5, 5.41) is 2.62. The van der Waals surface area contributed by atoms with E-state index in [0.29, 0.717) is 0 Å². The molecule has 146 valence electrons. The standard InChI is InChI=1S/C16H12Br.C5H5.C2H6Si.2ClH.Zr/c1-11-9-14-13(12-5-3-2-4-6-12)7-8-16(17)15(14)10-11;1-2-4-5-3-1;1-3-2;;;/h2-10H,1H3;1-5H;1-2H3;2*1H;/q2*-1;;;;+2/p-2. The van der Waals surface area contributed by atoms with Crippen LogP contribution < -0.4 is 24.8 Å². The van der Waals surface area contributed by atoms with Crippen molar-refractivity contribution in [3.63, 3.8) is 0 Å². The van der Waals surface area contributed by atoms with Crippen LogP contribution in [0, 0.1) is 6.92 Å². The number of benzene rings is 2. The molecule has 0 bridgehead atoms. The molecule has 0 aliphatic carbocycles. The van der Waals surface area contributed by atoms with Crippen LogP contribution in [0.1, 0.15) is 5.56 Å². The Morgan fingerprint density at radius 3 is 1.96 bits per heavy atom. The zero-order valence-electron chi connectivity index (χ0n) is 16.2. The summed E-state index contributed by atoms with van der Waals surface area (Å²) in [6.45, 7) is 6.76. The van der Waals surface area contributed by atoms with Crippen LogP contribution in [0.5, 0.6) is 0 Å². The second-order valence-electron chi connectivity index (χ2n) is 6.28. The summed E-state index contributed by atoms with van der Waals surface area (Å²) in [5.41, 5.74) is 4.10. The summed E-state index contributed by atoms with van der Waals surface area (Å²) >= 11 is 5.36. The molecule has 0 atom stereocenters. The van der Waals surface area contributed by atoms with Crippen molar-refractivity contribution in [1.29, 1.82) is 0 Å². The van der Waals surface area contributed by atoms with Gasteiger partial charge in [0.25, 0.3) is 0 Å². The number of hydrogen-bond donors (Lipinski definition) is 0. The monoisotopic (exact) mass is 566 g/mol. The van der Waals surface area contributed by atoms with Crippen LogP contribution in [0.25, 0.3) is 21.9 Å². The zero-order chi connectivity index (χ0) is 18.9. The fraction of sp³-hybridized carbons (Fsp3) is 0.130. The molecule has 0 amide bonds. The van der Waals surface area contributed by atoms with Gasteiger partial charge in [0, 0.05) is 0 Å². The van der Waals surface area contributed by atoms with Crippen molar-refractivity contribution < 1.29 is 48.1 Å². The summed E-state index contributed by atoms with van der Waals surface area (Å²) < 4.78 is 1.17. The maximum atomic E-state index is 3.62. The molecule has 0 saturated heterocycles. The normalized spacial score (nSPS) is 9.07. The molecular formula is C23H23BrCl2SiZr-2. The maximum absolute atomic E-state index is 3.62. The van der Waals surface area contributed by atoms with Crippen molar-refractivity contribution in [2.24, 2.45) is 0 Å². The second kappa shape index (κ2) is 14.5. The third-order valence-corrected chi connectivity index (χ3v) is 4.31. The van der Waals surface area contributed by atoms with Crippen molar-refractivity contribution in [2.45, 2.75) is 20.0 Å². The first kappa shape index (κ1) is 27.6. The van der Waals surface area contributed by atoms with E-state index in [1.165, 1.54) is 31.9 Å². The minimum absolute atomic E-state index is 0. The van der Waals surface area contributed by atoms with E-state index in [-0.39, 0.29) is 30.2 Å². The van der Waals surface area contributed by atoms with Gasteiger partial charge in [-0.15, -0.1) is 38.3 Å². The topological polar surface area (TPSA) is 0 Å². The van der Waals surface area contributed by atoms with E-state index in [0.717, 1.165) is 0 Å². The number of aryl methyl sites for hydroxylation is 1. The molecule has 5 heteroatoms. The predicted molar refractivity (Wildman–Crippen MR) is 117 cm³/mol. The van der Waals surface area contributed by atoms with E-state index in [1.54, 1.807) is 23.3 Å². The minimum atomic E-state index is 0. The van der Waals surface area contributed by atoms with E-state index in [2.05, 4.69) is 90.5 Å². The maximum Gasteiger partial charge on any atom is -0.0279 e. The first-order valence-corrected chi connectivity index (χ1v) is 15.6. The molecule has 0 aromatic heterocycles. The first-order valence-electron chi connectivity index (χ1n) is 8.58. The van der Waals surface area contributed by atoms with Gasteiger partial charge in [0.1, 0.15) is 0 Å². The van der Waals surface area contributed by atoms with E-state index < -0.39 is 0 Å². The molecule has 0 spiro atoms. The van der Waals surface area contributed by atoms with Gasteiger partial charge in [-0.3, -0.25) is 0 Å². The van der Waals surface area contributed by atoms with E-state index in [4.69, 9.17) is 0 Å². The van der Waals surface area contributed by atoms with Crippen LogP contribution in [0.15, 0.2) is 89.4 Å². The average molecular weight is 570 g/mol. The summed E-state index contributed by atoms with van der Waals surface area (Å²) in [6.07, 6.45) is 0. The molecule has 4 rings (SSSR count). The van der Waals surface area contributed by atoms with Crippen LogP contribution in [-0.2, 0) is 23.3 Å². The molecule has 0 radical (unpaired) electrons. The van der Waals surface area contributed by atoms with Crippen molar-refractivity contribution >= 4 is 32.1 Å². The Balaban J connectivity index is 0.000000559. The van der Waals surface area contributed by atoms with Crippen LogP contribution in [0.4, 0.5) is 0 Å². The number of fused-ring (bicyclic) bond motifs is 1. The van der Waals surface area contributed by atoms with Crippen molar-refractivity contribution in [2.75, 3.05) is 0 Å². The Bertz CT molecular complexity index is 926. The number of halogens is 3. The number of rotatable bonds is 1. The fourth-order valence-electron chi connectivity index (χ4n) is 2.60. The summed E-state index contributed by atoms with van der Waals surface area (Å²) in [6, 6.07) is 29.3. The predicted octanol–water partition coefficient (Wildman–Crippen LogP) is 1.49. The SMILES string of the molecule is C[Si](C)=[Zr+2].Cc1cc2c(-c3ccccc3)ccc(Br)c2[cH-]1.[Cl-].[Cl-].c1cc[cH-]c1. The van der Waals surface area contributed by atoms with Crippen molar-refractivity contribution in [1.82, 2.24) is 0 Å². The smallest absolute Gasteiger partial charge is 0.0279 e. The van der Waals surface area contributed by atoms with Crippen molar-refractivity contribution in [3.05, 3.63) is 95.0 Å². The van der Waals surface area contributed by atoms with Crippen LogP contribution >= 0.6 is 15.9 Å². The molecule has 0 unspecified atom stereocenters. The second-order valence-corrected chi connectivity index (χ2v) is 16.5. The summed E-state index contributed by atoms with van der Waals surface area (Å²) in [7, 11) is 0. The molecule has 4 aromatic carbocycles. The Kier molecular flexibility index (Phi) is 14.3. The third kappa shape index (κ3) is 8.93. The summed E-state index contributed by atoms with van der Waals surface area (Å²) in [5.74, 6) is 0.